The van der Waals surface area contributed by atoms with Crippen molar-refractivity contribution in [1.29, 1.82) is 0 Å². The second kappa shape index (κ2) is 6.88. The highest BCUT2D eigenvalue weighted by molar-refractivity contribution is 5.89. The lowest BCUT2D eigenvalue weighted by atomic mass is 10.0. The predicted molar refractivity (Wildman–Crippen MR) is 119 cm³/mol. The Morgan fingerprint density at radius 1 is 1.23 bits per heavy atom. The van der Waals surface area contributed by atoms with Gasteiger partial charge in [0.2, 0.25) is 5.95 Å². The molecule has 2 aliphatic carbocycles. The maximum atomic E-state index is 14.5. The number of benzene rings is 1. The van der Waals surface area contributed by atoms with Gasteiger partial charge in [0.05, 0.1) is 17.6 Å². The van der Waals surface area contributed by atoms with Crippen molar-refractivity contribution in [3.8, 4) is 11.1 Å². The molecule has 1 aliphatic heterocycles. The predicted octanol–water partition coefficient (Wildman–Crippen LogP) is 3.29. The normalized spacial score (nSPS) is 23.1. The number of piperidine rings is 1. The van der Waals surface area contributed by atoms with Gasteiger partial charge in [-0.1, -0.05) is 0 Å². The van der Waals surface area contributed by atoms with E-state index in [1.165, 1.54) is 0 Å². The van der Waals surface area contributed by atoms with Gasteiger partial charge in [-0.3, -0.25) is 4.98 Å². The number of hydrogen-bond donors (Lipinski definition) is 3. The van der Waals surface area contributed by atoms with Crippen LogP contribution in [0.3, 0.4) is 0 Å². The van der Waals surface area contributed by atoms with Gasteiger partial charge in [-0.15, -0.1) is 0 Å². The summed E-state index contributed by atoms with van der Waals surface area (Å²) in [6.45, 7) is 0.880. The Hall–Kier alpha value is -3.26. The molecule has 31 heavy (non-hydrogen) atoms. The molecule has 0 radical (unpaired) electrons. The van der Waals surface area contributed by atoms with Crippen molar-refractivity contribution in [2.75, 3.05) is 29.1 Å². The van der Waals surface area contributed by atoms with Crippen molar-refractivity contribution >= 4 is 23.1 Å². The number of nitrogens with two attached hydrogens (primary N) is 1. The van der Waals surface area contributed by atoms with Crippen LogP contribution in [0.1, 0.15) is 24.1 Å². The van der Waals surface area contributed by atoms with E-state index in [-0.39, 0.29) is 11.9 Å². The van der Waals surface area contributed by atoms with E-state index in [1.807, 2.05) is 19.2 Å². The quantitative estimate of drug-likeness (QED) is 0.469. The Bertz CT molecular complexity index is 1160. The molecular formula is C23H24FN7. The number of nitrogens with zero attached hydrogens (tertiary/aromatic N) is 4. The summed E-state index contributed by atoms with van der Waals surface area (Å²) >= 11 is 0. The summed E-state index contributed by atoms with van der Waals surface area (Å²) in [6, 6.07) is 7.59. The molecule has 4 N–H and O–H groups in total. The average molecular weight is 417 g/mol. The summed E-state index contributed by atoms with van der Waals surface area (Å²) in [4.78, 5) is 16.3. The van der Waals surface area contributed by atoms with Gasteiger partial charge in [0.1, 0.15) is 11.6 Å². The fourth-order valence-corrected chi connectivity index (χ4v) is 5.42. The van der Waals surface area contributed by atoms with Crippen LogP contribution in [0.4, 0.5) is 27.5 Å². The van der Waals surface area contributed by atoms with Gasteiger partial charge in [0.25, 0.3) is 0 Å². The first kappa shape index (κ1) is 18.5. The van der Waals surface area contributed by atoms with Gasteiger partial charge in [-0.25, -0.2) is 9.37 Å². The summed E-state index contributed by atoms with van der Waals surface area (Å²) in [7, 11) is 1.82. The molecule has 3 aliphatic rings. The molecule has 158 valence electrons. The summed E-state index contributed by atoms with van der Waals surface area (Å²) in [5.74, 6) is 1.63. The first-order valence-electron chi connectivity index (χ1n) is 10.7. The zero-order valence-electron chi connectivity index (χ0n) is 17.3. The minimum Gasteiger partial charge on any atom is -0.388 e. The van der Waals surface area contributed by atoms with Crippen LogP contribution in [0.5, 0.6) is 0 Å². The van der Waals surface area contributed by atoms with Gasteiger partial charge < -0.3 is 21.3 Å². The van der Waals surface area contributed by atoms with Crippen LogP contribution < -0.4 is 21.3 Å². The van der Waals surface area contributed by atoms with Crippen LogP contribution in [-0.2, 0) is 6.42 Å². The fourth-order valence-electron chi connectivity index (χ4n) is 5.42. The lowest BCUT2D eigenvalue weighted by Gasteiger charge is -2.32. The molecule has 2 aromatic heterocycles. The molecule has 1 aromatic carbocycles. The van der Waals surface area contributed by atoms with Crippen molar-refractivity contribution in [1.82, 2.24) is 15.0 Å². The maximum absolute atomic E-state index is 14.5. The zero-order valence-corrected chi connectivity index (χ0v) is 17.3. The standard InChI is InChI=1S/C23H24FN7/c1-26-19-7-13(24)6-17-16(19)9-20-21(17)22(31-11-12-5-15(31)8-18(12)25)30-23(29-20)28-14-3-2-4-27-10-14/h2-4,6-7,10,12,15,18,26H,5,8-9,11,25H2,1H3,(H,28,29,30)/t12-,15?,18-/m1/s1. The minimum atomic E-state index is -0.260. The number of pyridine rings is 1. The molecule has 1 unspecified atom stereocenters. The average Bonchev–Trinajstić information content (AvgIpc) is 3.45. The summed E-state index contributed by atoms with van der Waals surface area (Å²) in [5.41, 5.74) is 11.7. The molecule has 2 fully saturated rings. The first-order valence-corrected chi connectivity index (χ1v) is 10.7. The lowest BCUT2D eigenvalue weighted by molar-refractivity contribution is 0.471. The van der Waals surface area contributed by atoms with Crippen molar-refractivity contribution in [2.24, 2.45) is 11.7 Å². The molecular weight excluding hydrogens is 393 g/mol. The highest BCUT2D eigenvalue weighted by Gasteiger charge is 2.45. The number of nitrogens with one attached hydrogen (secondary N) is 2. The molecule has 1 saturated carbocycles. The zero-order chi connectivity index (χ0) is 21.1. The van der Waals surface area contributed by atoms with E-state index < -0.39 is 0 Å². The van der Waals surface area contributed by atoms with Crippen molar-refractivity contribution in [3.05, 3.63) is 53.7 Å². The third-order valence-corrected chi connectivity index (χ3v) is 6.85. The van der Waals surface area contributed by atoms with Gasteiger partial charge in [0, 0.05) is 49.5 Å². The molecule has 1 saturated heterocycles. The number of fused-ring (bicyclic) bond motifs is 5. The number of anilines is 4. The minimum absolute atomic E-state index is 0.254. The van der Waals surface area contributed by atoms with E-state index in [9.17, 15) is 4.39 Å². The van der Waals surface area contributed by atoms with Crippen LogP contribution in [0.2, 0.25) is 0 Å². The van der Waals surface area contributed by atoms with Crippen LogP contribution in [0.25, 0.3) is 11.1 Å². The summed E-state index contributed by atoms with van der Waals surface area (Å²) < 4.78 is 14.5. The van der Waals surface area contributed by atoms with Gasteiger partial charge >= 0.3 is 0 Å². The number of aromatic nitrogens is 3. The van der Waals surface area contributed by atoms with Gasteiger partial charge in [0.15, 0.2) is 0 Å². The molecule has 3 atom stereocenters. The largest absolute Gasteiger partial charge is 0.388 e. The molecule has 2 bridgehead atoms. The maximum Gasteiger partial charge on any atom is 0.229 e. The van der Waals surface area contributed by atoms with Crippen molar-refractivity contribution < 1.29 is 4.39 Å². The van der Waals surface area contributed by atoms with E-state index in [0.29, 0.717) is 24.3 Å². The van der Waals surface area contributed by atoms with Crippen molar-refractivity contribution in [2.45, 2.75) is 31.3 Å². The van der Waals surface area contributed by atoms with E-state index in [4.69, 9.17) is 15.7 Å². The van der Waals surface area contributed by atoms with Gasteiger partial charge in [-0.05, 0) is 54.2 Å². The van der Waals surface area contributed by atoms with E-state index in [2.05, 4.69) is 20.5 Å². The lowest BCUT2D eigenvalue weighted by Crippen LogP contribution is -2.41. The molecule has 0 amide bonds. The fraction of sp³-hybridized carbons (Fsp3) is 0.348. The monoisotopic (exact) mass is 417 g/mol. The summed E-state index contributed by atoms with van der Waals surface area (Å²) in [5, 5.41) is 6.43. The Morgan fingerprint density at radius 3 is 2.84 bits per heavy atom. The Morgan fingerprint density at radius 2 is 2.13 bits per heavy atom. The van der Waals surface area contributed by atoms with E-state index >= 15 is 0 Å². The summed E-state index contributed by atoms with van der Waals surface area (Å²) in [6.07, 6.45) is 6.17. The van der Waals surface area contributed by atoms with E-state index in [0.717, 1.165) is 59.0 Å². The van der Waals surface area contributed by atoms with E-state index in [1.54, 1.807) is 24.5 Å². The second-order valence-corrected chi connectivity index (χ2v) is 8.67. The Labute approximate surface area is 179 Å². The number of halogens is 1. The van der Waals surface area contributed by atoms with Crippen LogP contribution in [0, 0.1) is 11.7 Å². The molecule has 0 spiro atoms. The topological polar surface area (TPSA) is 92.0 Å². The molecule has 3 aromatic rings. The third kappa shape index (κ3) is 2.93. The van der Waals surface area contributed by atoms with Gasteiger partial charge in [-0.2, -0.15) is 4.98 Å². The molecule has 7 nitrogen and oxygen atoms in total. The first-order chi connectivity index (χ1) is 15.1. The van der Waals surface area contributed by atoms with Crippen LogP contribution in [-0.4, -0.2) is 40.6 Å². The highest BCUT2D eigenvalue weighted by Crippen LogP contribution is 2.48. The third-order valence-electron chi connectivity index (χ3n) is 6.85. The smallest absolute Gasteiger partial charge is 0.229 e. The van der Waals surface area contributed by atoms with Crippen molar-refractivity contribution in [3.63, 3.8) is 0 Å². The van der Waals surface area contributed by atoms with Crippen LogP contribution in [0.15, 0.2) is 36.7 Å². The SMILES string of the molecule is CNc1cc(F)cc2c1Cc1nc(Nc3cccnc3)nc(N3C[C@H]4CC3C[C@H]4N)c1-2. The molecule has 8 heteroatoms. The molecule has 6 rings (SSSR count). The highest BCUT2D eigenvalue weighted by atomic mass is 19.1. The second-order valence-electron chi connectivity index (χ2n) is 8.67. The number of rotatable bonds is 4. The molecule has 3 heterocycles. The Balaban J connectivity index is 1.49. The number of hydrogen-bond acceptors (Lipinski definition) is 7. The Kier molecular flexibility index (Phi) is 4.11. The van der Waals surface area contributed by atoms with Crippen LogP contribution >= 0.6 is 0 Å².